The summed E-state index contributed by atoms with van der Waals surface area (Å²) in [5.41, 5.74) is 1.11. The number of para-hydroxylation sites is 1. The fourth-order valence-corrected chi connectivity index (χ4v) is 1.79. The fraction of sp³-hybridized carbons (Fsp3) is 0.500. The molecule has 0 saturated carbocycles. The Morgan fingerprint density at radius 1 is 1.42 bits per heavy atom. The van der Waals surface area contributed by atoms with Crippen LogP contribution in [0, 0.1) is 0 Å². The van der Waals surface area contributed by atoms with Crippen LogP contribution < -0.4 is 10.1 Å². The molecule has 0 radical (unpaired) electrons. The van der Waals surface area contributed by atoms with Crippen LogP contribution in [0.2, 0.25) is 0 Å². The highest BCUT2D eigenvalue weighted by Gasteiger charge is 2.07. The molecule has 0 aliphatic heterocycles. The molecule has 1 rings (SSSR count). The third kappa shape index (κ3) is 6.22. The molecule has 5 nitrogen and oxygen atoms in total. The van der Waals surface area contributed by atoms with Crippen LogP contribution in [0.3, 0.4) is 0 Å². The van der Waals surface area contributed by atoms with E-state index < -0.39 is 12.1 Å². The van der Waals surface area contributed by atoms with Gasteiger partial charge in [-0.1, -0.05) is 18.2 Å². The number of carbonyl (C=O) groups is 1. The van der Waals surface area contributed by atoms with Crippen molar-refractivity contribution in [3.05, 3.63) is 29.8 Å². The van der Waals surface area contributed by atoms with Crippen LogP contribution >= 0.6 is 0 Å². The topological polar surface area (TPSA) is 78.8 Å². The average Bonchev–Trinajstić information content (AvgIpc) is 2.41. The van der Waals surface area contributed by atoms with Gasteiger partial charge in [0.2, 0.25) is 0 Å². The van der Waals surface area contributed by atoms with Gasteiger partial charge in [-0.05, 0) is 31.0 Å². The predicted molar refractivity (Wildman–Crippen MR) is 72.4 cm³/mol. The zero-order valence-corrected chi connectivity index (χ0v) is 11.1. The van der Waals surface area contributed by atoms with Gasteiger partial charge in [0.05, 0.1) is 13.2 Å². The van der Waals surface area contributed by atoms with E-state index in [-0.39, 0.29) is 12.8 Å². The molecule has 0 bridgehead atoms. The van der Waals surface area contributed by atoms with E-state index >= 15 is 0 Å². The zero-order valence-electron chi connectivity index (χ0n) is 11.1. The number of hydrogen-bond donors (Lipinski definition) is 3. The van der Waals surface area contributed by atoms with Crippen molar-refractivity contribution in [3.63, 3.8) is 0 Å². The summed E-state index contributed by atoms with van der Waals surface area (Å²) in [6, 6.07) is 7.80. The Morgan fingerprint density at radius 2 is 2.16 bits per heavy atom. The maximum absolute atomic E-state index is 10.3. The number of hydrogen-bond acceptors (Lipinski definition) is 4. The van der Waals surface area contributed by atoms with Crippen LogP contribution in [0.25, 0.3) is 0 Å². The third-order valence-corrected chi connectivity index (χ3v) is 2.84. The number of benzene rings is 1. The van der Waals surface area contributed by atoms with Crippen molar-refractivity contribution in [1.29, 1.82) is 0 Å². The maximum atomic E-state index is 10.3. The van der Waals surface area contributed by atoms with Gasteiger partial charge in [-0.15, -0.1) is 0 Å². The predicted octanol–water partition coefficient (Wildman–Crippen LogP) is 1.05. The van der Waals surface area contributed by atoms with E-state index in [1.54, 1.807) is 7.11 Å². The first-order valence-electron chi connectivity index (χ1n) is 6.36. The zero-order chi connectivity index (χ0) is 14.1. The van der Waals surface area contributed by atoms with E-state index in [1.807, 2.05) is 24.3 Å². The minimum absolute atomic E-state index is 0.00461. The largest absolute Gasteiger partial charge is 0.496 e. The van der Waals surface area contributed by atoms with Gasteiger partial charge >= 0.3 is 5.97 Å². The minimum Gasteiger partial charge on any atom is -0.496 e. The summed E-state index contributed by atoms with van der Waals surface area (Å²) in [5.74, 6) is -0.0243. The Morgan fingerprint density at radius 3 is 2.84 bits per heavy atom. The molecule has 0 aliphatic rings. The molecule has 0 saturated heterocycles. The van der Waals surface area contributed by atoms with Crippen molar-refractivity contribution in [2.45, 2.75) is 25.4 Å². The van der Waals surface area contributed by atoms with E-state index in [4.69, 9.17) is 9.84 Å². The highest BCUT2D eigenvalue weighted by Crippen LogP contribution is 2.17. The molecule has 0 aliphatic carbocycles. The lowest BCUT2D eigenvalue weighted by molar-refractivity contribution is -0.137. The van der Waals surface area contributed by atoms with E-state index in [0.717, 1.165) is 17.7 Å². The number of rotatable bonds is 9. The second kappa shape index (κ2) is 8.50. The SMILES string of the molecule is COc1ccccc1CCNCC(O)CCC(=O)O. The lowest BCUT2D eigenvalue weighted by Crippen LogP contribution is -2.28. The summed E-state index contributed by atoms with van der Waals surface area (Å²) in [6.07, 6.45) is 0.455. The average molecular weight is 267 g/mol. The number of aliphatic carboxylic acids is 1. The van der Waals surface area contributed by atoms with Gasteiger partial charge in [-0.25, -0.2) is 0 Å². The Balaban J connectivity index is 2.21. The molecule has 0 fully saturated rings. The third-order valence-electron chi connectivity index (χ3n) is 2.84. The number of ether oxygens (including phenoxy) is 1. The molecule has 3 N–H and O–H groups in total. The lowest BCUT2D eigenvalue weighted by Gasteiger charge is -2.12. The van der Waals surface area contributed by atoms with Crippen LogP contribution in [0.1, 0.15) is 18.4 Å². The lowest BCUT2D eigenvalue weighted by atomic mass is 10.1. The number of carboxylic acid groups (broad SMARTS) is 1. The molecule has 19 heavy (non-hydrogen) atoms. The van der Waals surface area contributed by atoms with Crippen LogP contribution in [-0.4, -0.2) is 42.5 Å². The summed E-state index contributed by atoms with van der Waals surface area (Å²) in [4.78, 5) is 10.3. The molecule has 0 amide bonds. The molecular formula is C14H21NO4. The van der Waals surface area contributed by atoms with Crippen molar-refractivity contribution in [2.24, 2.45) is 0 Å². The Labute approximate surface area is 113 Å². The van der Waals surface area contributed by atoms with Crippen LogP contribution in [0.15, 0.2) is 24.3 Å². The second-order valence-electron chi connectivity index (χ2n) is 4.35. The monoisotopic (exact) mass is 267 g/mol. The summed E-state index contributed by atoms with van der Waals surface area (Å²) in [7, 11) is 1.64. The standard InChI is InChI=1S/C14H21NO4/c1-19-13-5-3-2-4-11(13)8-9-15-10-12(16)6-7-14(17)18/h2-5,12,15-16H,6-10H2,1H3,(H,17,18). The molecule has 106 valence electrons. The van der Waals surface area contributed by atoms with E-state index in [1.165, 1.54) is 0 Å². The van der Waals surface area contributed by atoms with Gasteiger partial charge in [0, 0.05) is 13.0 Å². The van der Waals surface area contributed by atoms with Gasteiger partial charge in [-0.3, -0.25) is 4.79 Å². The Bertz CT molecular complexity index is 395. The number of methoxy groups -OCH3 is 1. The van der Waals surface area contributed by atoms with E-state index in [2.05, 4.69) is 5.32 Å². The summed E-state index contributed by atoms with van der Waals surface area (Å²) in [6.45, 7) is 1.12. The van der Waals surface area contributed by atoms with Crippen LogP contribution in [-0.2, 0) is 11.2 Å². The molecule has 5 heteroatoms. The molecular weight excluding hydrogens is 246 g/mol. The number of carboxylic acids is 1. The quantitative estimate of drug-likeness (QED) is 0.583. The molecule has 0 aromatic heterocycles. The van der Waals surface area contributed by atoms with Crippen molar-refractivity contribution in [1.82, 2.24) is 5.32 Å². The summed E-state index contributed by atoms with van der Waals surface area (Å²) in [5, 5.41) is 21.2. The Kier molecular flexibility index (Phi) is 6.92. The number of aliphatic hydroxyl groups is 1. The van der Waals surface area contributed by atoms with Crippen molar-refractivity contribution < 1.29 is 19.7 Å². The van der Waals surface area contributed by atoms with Gasteiger partial charge < -0.3 is 20.3 Å². The molecule has 0 spiro atoms. The van der Waals surface area contributed by atoms with Crippen LogP contribution in [0.5, 0.6) is 5.75 Å². The number of nitrogens with one attached hydrogen (secondary N) is 1. The van der Waals surface area contributed by atoms with Gasteiger partial charge in [0.1, 0.15) is 5.75 Å². The van der Waals surface area contributed by atoms with Crippen molar-refractivity contribution in [3.8, 4) is 5.75 Å². The van der Waals surface area contributed by atoms with Gasteiger partial charge in [0.25, 0.3) is 0 Å². The molecule has 1 aromatic carbocycles. The van der Waals surface area contributed by atoms with E-state index in [0.29, 0.717) is 13.1 Å². The van der Waals surface area contributed by atoms with Crippen molar-refractivity contribution in [2.75, 3.05) is 20.2 Å². The first-order chi connectivity index (χ1) is 9.13. The molecule has 1 atom stereocenters. The second-order valence-corrected chi connectivity index (χ2v) is 4.35. The van der Waals surface area contributed by atoms with E-state index in [9.17, 15) is 9.90 Å². The molecule has 0 heterocycles. The summed E-state index contributed by atoms with van der Waals surface area (Å²) < 4.78 is 5.25. The molecule has 1 aromatic rings. The highest BCUT2D eigenvalue weighted by molar-refractivity contribution is 5.66. The maximum Gasteiger partial charge on any atom is 0.303 e. The summed E-state index contributed by atoms with van der Waals surface area (Å²) >= 11 is 0. The van der Waals surface area contributed by atoms with Crippen LogP contribution in [0.4, 0.5) is 0 Å². The minimum atomic E-state index is -0.881. The number of aliphatic hydroxyl groups excluding tert-OH is 1. The van der Waals surface area contributed by atoms with Gasteiger partial charge in [0.15, 0.2) is 0 Å². The smallest absolute Gasteiger partial charge is 0.303 e. The van der Waals surface area contributed by atoms with Crippen molar-refractivity contribution >= 4 is 5.97 Å². The fourth-order valence-electron chi connectivity index (χ4n) is 1.79. The van der Waals surface area contributed by atoms with Gasteiger partial charge in [-0.2, -0.15) is 0 Å². The first kappa shape index (κ1) is 15.5. The normalized spacial score (nSPS) is 12.1. The Hall–Kier alpha value is -1.59. The highest BCUT2D eigenvalue weighted by atomic mass is 16.5. The first-order valence-corrected chi connectivity index (χ1v) is 6.36. The molecule has 1 unspecified atom stereocenters.